The molecule has 3 amide bonds. The van der Waals surface area contributed by atoms with Crippen molar-refractivity contribution in [3.05, 3.63) is 83.9 Å². The number of amides is 3. The maximum Gasteiger partial charge on any atom is 0.416 e. The summed E-state index contributed by atoms with van der Waals surface area (Å²) in [5, 5.41) is 5.13. The smallest absolute Gasteiger partial charge is 0.326 e. The molecule has 0 spiro atoms. The van der Waals surface area contributed by atoms with Gasteiger partial charge in [0.05, 0.1) is 17.0 Å². The lowest BCUT2D eigenvalue weighted by Crippen LogP contribution is -2.37. The van der Waals surface area contributed by atoms with E-state index in [9.17, 15) is 27.6 Å². The van der Waals surface area contributed by atoms with Gasteiger partial charge in [0, 0.05) is 34.8 Å². The van der Waals surface area contributed by atoms with Gasteiger partial charge in [-0.05, 0) is 48.5 Å². The summed E-state index contributed by atoms with van der Waals surface area (Å²) in [6.07, 6.45) is -4.48. The number of para-hydroxylation sites is 1. The number of hydrogen-bond acceptors (Lipinski definition) is 4. The standard InChI is InChI=1S/C25H20F3N3O3S/c26-25(27,28)17-6-4-8-19(14-17)30-24(34)16-5-3-7-18(13-16)29-22(32)11-12-31-20-9-1-2-10-21(20)35-15-23(31)33/h1-10,13-14H,11-12,15H2,(H,29,32)(H,30,34). The van der Waals surface area contributed by atoms with Crippen LogP contribution in [0.5, 0.6) is 0 Å². The van der Waals surface area contributed by atoms with Gasteiger partial charge in [-0.2, -0.15) is 13.2 Å². The molecule has 0 radical (unpaired) electrons. The molecule has 0 aliphatic carbocycles. The molecule has 180 valence electrons. The highest BCUT2D eigenvalue weighted by atomic mass is 32.2. The van der Waals surface area contributed by atoms with Crippen LogP contribution in [0.25, 0.3) is 0 Å². The molecule has 0 unspecified atom stereocenters. The number of thioether (sulfide) groups is 1. The first-order chi connectivity index (χ1) is 16.7. The summed E-state index contributed by atoms with van der Waals surface area (Å²) in [4.78, 5) is 40.0. The van der Waals surface area contributed by atoms with Crippen molar-refractivity contribution in [2.45, 2.75) is 17.5 Å². The summed E-state index contributed by atoms with van der Waals surface area (Å²) in [5.41, 5.74) is 0.424. The molecule has 0 fully saturated rings. The number of benzene rings is 3. The van der Waals surface area contributed by atoms with Gasteiger partial charge in [0.1, 0.15) is 0 Å². The van der Waals surface area contributed by atoms with Crippen LogP contribution in [0.3, 0.4) is 0 Å². The molecule has 1 aliphatic heterocycles. The molecule has 35 heavy (non-hydrogen) atoms. The van der Waals surface area contributed by atoms with Crippen molar-refractivity contribution in [3.8, 4) is 0 Å². The third-order valence-electron chi connectivity index (χ3n) is 5.23. The number of nitrogens with zero attached hydrogens (tertiary/aromatic N) is 1. The zero-order valence-electron chi connectivity index (χ0n) is 18.3. The Hall–Kier alpha value is -3.79. The van der Waals surface area contributed by atoms with Crippen molar-refractivity contribution in [3.63, 3.8) is 0 Å². The van der Waals surface area contributed by atoms with Gasteiger partial charge in [0.2, 0.25) is 11.8 Å². The zero-order valence-corrected chi connectivity index (χ0v) is 19.1. The van der Waals surface area contributed by atoms with E-state index in [0.717, 1.165) is 22.7 Å². The van der Waals surface area contributed by atoms with Crippen molar-refractivity contribution in [2.75, 3.05) is 27.8 Å². The van der Waals surface area contributed by atoms with E-state index >= 15 is 0 Å². The van der Waals surface area contributed by atoms with Gasteiger partial charge in [0.15, 0.2) is 0 Å². The van der Waals surface area contributed by atoms with Crippen LogP contribution in [0.15, 0.2) is 77.7 Å². The van der Waals surface area contributed by atoms with Crippen LogP contribution in [-0.4, -0.2) is 30.0 Å². The van der Waals surface area contributed by atoms with Crippen LogP contribution in [0.4, 0.5) is 30.2 Å². The summed E-state index contributed by atoms with van der Waals surface area (Å²) < 4.78 is 38.7. The van der Waals surface area contributed by atoms with Crippen LogP contribution < -0.4 is 15.5 Å². The number of halogens is 3. The van der Waals surface area contributed by atoms with Crippen molar-refractivity contribution in [2.24, 2.45) is 0 Å². The Kier molecular flexibility index (Phi) is 7.11. The SMILES string of the molecule is O=C(CCN1C(=O)CSc2ccccc21)Nc1cccc(C(=O)Nc2cccc(C(F)(F)F)c2)c1. The second kappa shape index (κ2) is 10.2. The Morgan fingerprint density at radius 3 is 2.40 bits per heavy atom. The molecule has 0 saturated heterocycles. The van der Waals surface area contributed by atoms with E-state index in [1.165, 1.54) is 36.0 Å². The maximum absolute atomic E-state index is 12.9. The number of rotatable bonds is 6. The van der Waals surface area contributed by atoms with Crippen molar-refractivity contribution < 1.29 is 27.6 Å². The number of fused-ring (bicyclic) bond motifs is 1. The largest absolute Gasteiger partial charge is 0.416 e. The molecule has 1 aliphatic rings. The van der Waals surface area contributed by atoms with Crippen LogP contribution in [-0.2, 0) is 15.8 Å². The Labute approximate surface area is 203 Å². The predicted octanol–water partition coefficient (Wildman–Crippen LogP) is 5.43. The number of hydrogen-bond donors (Lipinski definition) is 2. The number of anilines is 3. The highest BCUT2D eigenvalue weighted by Gasteiger charge is 2.30. The van der Waals surface area contributed by atoms with Gasteiger partial charge < -0.3 is 15.5 Å². The van der Waals surface area contributed by atoms with Gasteiger partial charge in [0.25, 0.3) is 5.91 Å². The molecule has 0 saturated carbocycles. The minimum Gasteiger partial charge on any atom is -0.326 e. The van der Waals surface area contributed by atoms with Crippen LogP contribution >= 0.6 is 11.8 Å². The Morgan fingerprint density at radius 1 is 0.914 bits per heavy atom. The van der Waals surface area contributed by atoms with Crippen LogP contribution in [0.1, 0.15) is 22.3 Å². The third kappa shape index (κ3) is 6.02. The van der Waals surface area contributed by atoms with Gasteiger partial charge >= 0.3 is 6.18 Å². The number of carbonyl (C=O) groups is 3. The minimum absolute atomic E-state index is 0.00362. The fourth-order valence-corrected chi connectivity index (χ4v) is 4.49. The number of carbonyl (C=O) groups excluding carboxylic acids is 3. The molecule has 1 heterocycles. The van der Waals surface area contributed by atoms with Crippen LogP contribution in [0.2, 0.25) is 0 Å². The van der Waals surface area contributed by atoms with Gasteiger partial charge in [-0.3, -0.25) is 14.4 Å². The van der Waals surface area contributed by atoms with E-state index in [0.29, 0.717) is 11.4 Å². The predicted molar refractivity (Wildman–Crippen MR) is 129 cm³/mol. The van der Waals surface area contributed by atoms with E-state index in [2.05, 4.69) is 10.6 Å². The molecular weight excluding hydrogens is 479 g/mol. The molecule has 2 N–H and O–H groups in total. The monoisotopic (exact) mass is 499 g/mol. The Balaban J connectivity index is 1.37. The molecule has 3 aromatic rings. The average Bonchev–Trinajstić information content (AvgIpc) is 2.83. The first-order valence-electron chi connectivity index (χ1n) is 10.6. The molecule has 4 rings (SSSR count). The van der Waals surface area contributed by atoms with Crippen molar-refractivity contribution >= 4 is 46.5 Å². The molecule has 0 atom stereocenters. The molecule has 10 heteroatoms. The second-order valence-electron chi connectivity index (χ2n) is 7.71. The summed E-state index contributed by atoms with van der Waals surface area (Å²) in [6.45, 7) is 0.206. The van der Waals surface area contributed by atoms with Crippen molar-refractivity contribution in [1.82, 2.24) is 0 Å². The normalized spacial score (nSPS) is 13.2. The van der Waals surface area contributed by atoms with E-state index in [4.69, 9.17) is 0 Å². The maximum atomic E-state index is 12.9. The van der Waals surface area contributed by atoms with E-state index in [1.54, 1.807) is 17.0 Å². The number of alkyl halides is 3. The van der Waals surface area contributed by atoms with E-state index < -0.39 is 17.6 Å². The zero-order chi connectivity index (χ0) is 25.0. The molecular formula is C25H20F3N3O3S. The fourth-order valence-electron chi connectivity index (χ4n) is 3.55. The lowest BCUT2D eigenvalue weighted by atomic mass is 10.1. The van der Waals surface area contributed by atoms with Gasteiger partial charge in [-0.25, -0.2) is 0 Å². The first kappa shape index (κ1) is 24.3. The first-order valence-corrected chi connectivity index (χ1v) is 11.6. The van der Waals surface area contributed by atoms with E-state index in [-0.39, 0.29) is 36.0 Å². The van der Waals surface area contributed by atoms with Gasteiger partial charge in [-0.1, -0.05) is 24.3 Å². The lowest BCUT2D eigenvalue weighted by molar-refractivity contribution is -0.137. The molecule has 0 aromatic heterocycles. The van der Waals surface area contributed by atoms with Crippen LogP contribution in [0, 0.1) is 0 Å². The Morgan fingerprint density at radius 2 is 1.63 bits per heavy atom. The topological polar surface area (TPSA) is 78.5 Å². The fraction of sp³-hybridized carbons (Fsp3) is 0.160. The van der Waals surface area contributed by atoms with E-state index in [1.807, 2.05) is 24.3 Å². The Bertz CT molecular complexity index is 1280. The van der Waals surface area contributed by atoms with Crippen molar-refractivity contribution in [1.29, 1.82) is 0 Å². The third-order valence-corrected chi connectivity index (χ3v) is 6.27. The minimum atomic E-state index is -4.52. The molecule has 6 nitrogen and oxygen atoms in total. The average molecular weight is 500 g/mol. The summed E-state index contributed by atoms with van der Waals surface area (Å²) in [5.74, 6) is -0.728. The second-order valence-corrected chi connectivity index (χ2v) is 8.73. The van der Waals surface area contributed by atoms with Gasteiger partial charge in [-0.15, -0.1) is 11.8 Å². The molecule has 0 bridgehead atoms. The highest BCUT2D eigenvalue weighted by molar-refractivity contribution is 8.00. The number of nitrogens with one attached hydrogen (secondary N) is 2. The summed E-state index contributed by atoms with van der Waals surface area (Å²) in [7, 11) is 0. The highest BCUT2D eigenvalue weighted by Crippen LogP contribution is 2.35. The molecule has 3 aromatic carbocycles. The summed E-state index contributed by atoms with van der Waals surface area (Å²) in [6, 6.07) is 17.9. The lowest BCUT2D eigenvalue weighted by Gasteiger charge is -2.28. The quantitative estimate of drug-likeness (QED) is 0.475. The summed E-state index contributed by atoms with van der Waals surface area (Å²) >= 11 is 1.46.